The molecule has 1 aromatic carbocycles. The summed E-state index contributed by atoms with van der Waals surface area (Å²) in [6.45, 7) is 2.95. The van der Waals surface area contributed by atoms with Crippen molar-refractivity contribution in [1.29, 1.82) is 0 Å². The fraction of sp³-hybridized carbons (Fsp3) is 0.450. The Hall–Kier alpha value is -2.68. The van der Waals surface area contributed by atoms with E-state index in [-0.39, 0.29) is 6.04 Å². The number of carbonyl (C=O) groups is 1. The molecule has 1 aromatic heterocycles. The van der Waals surface area contributed by atoms with Gasteiger partial charge in [0.2, 0.25) is 5.95 Å². The van der Waals surface area contributed by atoms with Crippen LogP contribution in [0.1, 0.15) is 44.2 Å². The van der Waals surface area contributed by atoms with Gasteiger partial charge in [0.15, 0.2) is 9.84 Å². The van der Waals surface area contributed by atoms with Gasteiger partial charge in [-0.2, -0.15) is 4.98 Å². The minimum absolute atomic E-state index is 0.0732. The predicted molar refractivity (Wildman–Crippen MR) is 111 cm³/mol. The highest BCUT2D eigenvalue weighted by molar-refractivity contribution is 7.90. The summed E-state index contributed by atoms with van der Waals surface area (Å²) < 4.78 is 28.4. The summed E-state index contributed by atoms with van der Waals surface area (Å²) in [5.41, 5.74) is 0.961. The summed E-state index contributed by atoms with van der Waals surface area (Å²) in [6, 6.07) is 8.48. The summed E-state index contributed by atoms with van der Waals surface area (Å²) in [6.07, 6.45) is 6.45. The minimum atomic E-state index is -3.24. The molecule has 1 aliphatic rings. The summed E-state index contributed by atoms with van der Waals surface area (Å²) in [5, 5.41) is 3.34. The van der Waals surface area contributed by atoms with E-state index in [1.54, 1.807) is 24.4 Å². The number of carbonyl (C=O) groups excluding carboxylic acids is 1. The first-order chi connectivity index (χ1) is 13.9. The van der Waals surface area contributed by atoms with Crippen LogP contribution in [0.5, 0.6) is 0 Å². The lowest BCUT2D eigenvalue weighted by Gasteiger charge is -2.20. The molecule has 1 amide bonds. The second-order valence-corrected chi connectivity index (χ2v) is 9.05. The van der Waals surface area contributed by atoms with Crippen LogP contribution < -0.4 is 10.2 Å². The molecule has 156 valence electrons. The molecule has 1 saturated heterocycles. The smallest absolute Gasteiger partial charge is 0.415 e. The van der Waals surface area contributed by atoms with Crippen molar-refractivity contribution in [3.8, 4) is 0 Å². The molecule has 3 rings (SSSR count). The van der Waals surface area contributed by atoms with Crippen molar-refractivity contribution in [1.82, 2.24) is 9.97 Å². The summed E-state index contributed by atoms with van der Waals surface area (Å²) >= 11 is 0. The predicted octanol–water partition coefficient (Wildman–Crippen LogP) is 3.57. The van der Waals surface area contributed by atoms with Crippen LogP contribution in [0.25, 0.3) is 0 Å². The molecule has 1 atom stereocenters. The number of amides is 1. The number of ether oxygens (including phenoxy) is 1. The highest BCUT2D eigenvalue weighted by Gasteiger charge is 2.25. The Morgan fingerprint density at radius 2 is 1.97 bits per heavy atom. The largest absolute Gasteiger partial charge is 0.447 e. The van der Waals surface area contributed by atoms with Gasteiger partial charge in [-0.25, -0.2) is 18.2 Å². The molecule has 2 aromatic rings. The molecule has 2 heterocycles. The summed E-state index contributed by atoms with van der Waals surface area (Å²) in [7, 11) is -3.24. The molecular formula is C20H26N4O4S. The van der Waals surface area contributed by atoms with Crippen LogP contribution in [0.15, 0.2) is 41.4 Å². The average Bonchev–Trinajstić information content (AvgIpc) is 3.13. The maximum atomic E-state index is 11.8. The van der Waals surface area contributed by atoms with Crippen LogP contribution in [-0.4, -0.2) is 43.9 Å². The number of nitrogens with zero attached hydrogens (tertiary/aromatic N) is 3. The van der Waals surface area contributed by atoms with Gasteiger partial charge in [0.1, 0.15) is 12.4 Å². The molecule has 0 aliphatic carbocycles. The Labute approximate surface area is 171 Å². The van der Waals surface area contributed by atoms with Crippen molar-refractivity contribution in [3.05, 3.63) is 42.1 Å². The van der Waals surface area contributed by atoms with Crippen molar-refractivity contribution >= 4 is 27.7 Å². The third-order valence-electron chi connectivity index (χ3n) is 4.79. The van der Waals surface area contributed by atoms with E-state index in [0.717, 1.165) is 31.2 Å². The van der Waals surface area contributed by atoms with Crippen molar-refractivity contribution in [2.75, 3.05) is 29.6 Å². The Balaban J connectivity index is 1.81. The number of rotatable bonds is 9. The molecule has 1 N–H and O–H groups in total. The van der Waals surface area contributed by atoms with Crippen molar-refractivity contribution in [2.24, 2.45) is 0 Å². The zero-order valence-electron chi connectivity index (χ0n) is 16.7. The van der Waals surface area contributed by atoms with Gasteiger partial charge < -0.3 is 10.1 Å². The van der Waals surface area contributed by atoms with E-state index in [9.17, 15) is 13.2 Å². The number of hydrogen-bond acceptors (Lipinski definition) is 7. The Bertz CT molecular complexity index is 947. The zero-order chi connectivity index (χ0) is 20.9. The van der Waals surface area contributed by atoms with Crippen LogP contribution >= 0.6 is 0 Å². The lowest BCUT2D eigenvalue weighted by Crippen LogP contribution is -2.25. The minimum Gasteiger partial charge on any atom is -0.447 e. The topological polar surface area (TPSA) is 101 Å². The second-order valence-electron chi connectivity index (χ2n) is 7.04. The van der Waals surface area contributed by atoms with E-state index in [2.05, 4.69) is 22.2 Å². The van der Waals surface area contributed by atoms with E-state index < -0.39 is 15.9 Å². The third-order valence-corrected chi connectivity index (χ3v) is 5.92. The first-order valence-corrected chi connectivity index (χ1v) is 11.6. The molecule has 8 nitrogen and oxygen atoms in total. The molecule has 0 bridgehead atoms. The van der Waals surface area contributed by atoms with Gasteiger partial charge in [-0.05, 0) is 30.2 Å². The average molecular weight is 419 g/mol. The van der Waals surface area contributed by atoms with Gasteiger partial charge in [0.05, 0.1) is 17.5 Å². The number of aromatic nitrogens is 2. The number of anilines is 2. The fourth-order valence-electron chi connectivity index (χ4n) is 3.19. The van der Waals surface area contributed by atoms with E-state index in [0.29, 0.717) is 29.8 Å². The van der Waals surface area contributed by atoms with E-state index >= 15 is 0 Å². The zero-order valence-corrected chi connectivity index (χ0v) is 17.5. The van der Waals surface area contributed by atoms with Gasteiger partial charge in [-0.1, -0.05) is 38.3 Å². The molecule has 9 heteroatoms. The second kappa shape index (κ2) is 9.21. The van der Waals surface area contributed by atoms with Gasteiger partial charge in [0, 0.05) is 12.5 Å². The van der Waals surface area contributed by atoms with Crippen LogP contribution in [0, 0.1) is 0 Å². The van der Waals surface area contributed by atoms with Gasteiger partial charge in [0.25, 0.3) is 0 Å². The van der Waals surface area contributed by atoms with Crippen LogP contribution in [0.4, 0.5) is 16.6 Å². The Kier molecular flexibility index (Phi) is 6.68. The standard InChI is InChI=1S/C20H26N4O4S/c1-3-4-5-6-17(15-7-9-16(10-8-15)29(2,26)27)22-19-21-12-11-18(23-19)24-13-14-28-20(24)25/h7-12,17H,3-6,13-14H2,1-2H3,(H,21,22,23). The number of sulfone groups is 1. The number of cyclic esters (lactones) is 1. The molecule has 1 fully saturated rings. The quantitative estimate of drug-likeness (QED) is 0.621. The van der Waals surface area contributed by atoms with Crippen LogP contribution in [0.2, 0.25) is 0 Å². The molecule has 1 aliphatic heterocycles. The highest BCUT2D eigenvalue weighted by Crippen LogP contribution is 2.26. The van der Waals surface area contributed by atoms with Crippen molar-refractivity contribution in [3.63, 3.8) is 0 Å². The van der Waals surface area contributed by atoms with Crippen molar-refractivity contribution in [2.45, 2.75) is 43.5 Å². The highest BCUT2D eigenvalue weighted by atomic mass is 32.2. The van der Waals surface area contributed by atoms with Crippen LogP contribution in [0.3, 0.4) is 0 Å². The maximum absolute atomic E-state index is 11.8. The molecule has 0 radical (unpaired) electrons. The third kappa shape index (κ3) is 5.44. The first-order valence-electron chi connectivity index (χ1n) is 9.72. The number of benzene rings is 1. The Morgan fingerprint density at radius 1 is 1.21 bits per heavy atom. The van der Waals surface area contributed by atoms with Crippen molar-refractivity contribution < 1.29 is 17.9 Å². The number of hydrogen-bond donors (Lipinski definition) is 1. The maximum Gasteiger partial charge on any atom is 0.415 e. The van der Waals surface area contributed by atoms with E-state index in [4.69, 9.17) is 4.74 Å². The van der Waals surface area contributed by atoms with E-state index in [1.165, 1.54) is 11.2 Å². The molecule has 0 saturated carbocycles. The summed E-state index contributed by atoms with van der Waals surface area (Å²) in [4.78, 5) is 22.3. The lowest BCUT2D eigenvalue weighted by atomic mass is 10.0. The van der Waals surface area contributed by atoms with Gasteiger partial charge in [-0.3, -0.25) is 4.90 Å². The van der Waals surface area contributed by atoms with E-state index in [1.807, 2.05) is 12.1 Å². The van der Waals surface area contributed by atoms with Gasteiger partial charge in [-0.15, -0.1) is 0 Å². The van der Waals surface area contributed by atoms with Crippen LogP contribution in [-0.2, 0) is 14.6 Å². The first kappa shape index (κ1) is 21.0. The number of nitrogens with one attached hydrogen (secondary N) is 1. The Morgan fingerprint density at radius 3 is 2.59 bits per heavy atom. The SMILES string of the molecule is CCCCCC(Nc1nccc(N2CCOC2=O)n1)c1ccc(S(C)(=O)=O)cc1. The molecule has 29 heavy (non-hydrogen) atoms. The number of unbranched alkanes of at least 4 members (excludes halogenated alkanes) is 2. The fourth-order valence-corrected chi connectivity index (χ4v) is 3.82. The molecule has 1 unspecified atom stereocenters. The van der Waals surface area contributed by atoms with Gasteiger partial charge >= 0.3 is 6.09 Å². The normalized spacial score (nSPS) is 15.2. The molecule has 0 spiro atoms. The monoisotopic (exact) mass is 418 g/mol. The summed E-state index contributed by atoms with van der Waals surface area (Å²) in [5.74, 6) is 0.903. The molecular weight excluding hydrogens is 392 g/mol. The lowest BCUT2D eigenvalue weighted by molar-refractivity contribution is 0.181.